The van der Waals surface area contributed by atoms with E-state index in [-0.39, 0.29) is 4.90 Å². The molecule has 0 radical (unpaired) electrons. The molecule has 0 saturated carbocycles. The topological polar surface area (TPSA) is 46.6 Å². The van der Waals surface area contributed by atoms with Gasteiger partial charge in [0.05, 0.1) is 4.90 Å². The lowest BCUT2D eigenvalue weighted by molar-refractivity contribution is -0.0270. The molecule has 0 atom stereocenters. The number of benzene rings is 1. The molecular weight excluding hydrogens is 250 g/mol. The van der Waals surface area contributed by atoms with Crippen LogP contribution < -0.4 is 0 Å². The zero-order valence-electron chi connectivity index (χ0n) is 11.1. The van der Waals surface area contributed by atoms with Crippen molar-refractivity contribution >= 4 is 10.1 Å². The Hall–Kier alpha value is -0.910. The zero-order chi connectivity index (χ0) is 13.3. The molecule has 4 nitrogen and oxygen atoms in total. The number of aryl methyl sites for hydroxylation is 3. The van der Waals surface area contributed by atoms with E-state index in [2.05, 4.69) is 0 Å². The van der Waals surface area contributed by atoms with E-state index in [1.165, 1.54) is 5.06 Å². The van der Waals surface area contributed by atoms with Gasteiger partial charge in [0, 0.05) is 13.1 Å². The molecule has 100 valence electrons. The summed E-state index contributed by atoms with van der Waals surface area (Å²) >= 11 is 0. The van der Waals surface area contributed by atoms with Crippen LogP contribution in [0.5, 0.6) is 0 Å². The van der Waals surface area contributed by atoms with Gasteiger partial charge >= 0.3 is 10.1 Å². The summed E-state index contributed by atoms with van der Waals surface area (Å²) in [6.07, 6.45) is 1.98. The van der Waals surface area contributed by atoms with Crippen LogP contribution in [0.3, 0.4) is 0 Å². The largest absolute Gasteiger partial charge is 0.313 e. The first-order valence-electron chi connectivity index (χ1n) is 6.17. The zero-order valence-corrected chi connectivity index (χ0v) is 11.9. The molecule has 0 bridgehead atoms. The molecule has 0 aromatic heterocycles. The van der Waals surface area contributed by atoms with Gasteiger partial charge in [0.1, 0.15) is 0 Å². The summed E-state index contributed by atoms with van der Waals surface area (Å²) in [5, 5.41) is 1.53. The SMILES string of the molecule is Cc1cc(C)c(S(=O)(=O)ON2CCCC2)cc1C. The second kappa shape index (κ2) is 4.99. The second-order valence-electron chi connectivity index (χ2n) is 4.87. The maximum atomic E-state index is 12.2. The molecule has 5 heteroatoms. The molecule has 1 aromatic carbocycles. The van der Waals surface area contributed by atoms with Crippen LogP contribution in [0.1, 0.15) is 29.5 Å². The molecule has 2 rings (SSSR count). The van der Waals surface area contributed by atoms with Gasteiger partial charge in [-0.15, -0.1) is 0 Å². The van der Waals surface area contributed by atoms with Gasteiger partial charge < -0.3 is 0 Å². The highest BCUT2D eigenvalue weighted by molar-refractivity contribution is 7.86. The van der Waals surface area contributed by atoms with Gasteiger partial charge in [-0.25, -0.2) is 0 Å². The molecule has 1 aromatic rings. The molecular formula is C13H19NO3S. The molecule has 0 spiro atoms. The lowest BCUT2D eigenvalue weighted by Crippen LogP contribution is -2.24. The third-order valence-electron chi connectivity index (χ3n) is 3.33. The summed E-state index contributed by atoms with van der Waals surface area (Å²) in [7, 11) is -3.69. The van der Waals surface area contributed by atoms with E-state index in [1.807, 2.05) is 19.9 Å². The lowest BCUT2D eigenvalue weighted by Gasteiger charge is -2.16. The first kappa shape index (κ1) is 13.5. The third-order valence-corrected chi connectivity index (χ3v) is 4.71. The van der Waals surface area contributed by atoms with Crippen molar-refractivity contribution in [2.45, 2.75) is 38.5 Å². The second-order valence-corrected chi connectivity index (χ2v) is 6.36. The minimum atomic E-state index is -3.69. The van der Waals surface area contributed by atoms with Gasteiger partial charge in [-0.2, -0.15) is 17.8 Å². The summed E-state index contributed by atoms with van der Waals surface area (Å²) in [6.45, 7) is 7.04. The van der Waals surface area contributed by atoms with Crippen molar-refractivity contribution in [2.24, 2.45) is 0 Å². The molecule has 0 aliphatic carbocycles. The highest BCUT2D eigenvalue weighted by Gasteiger charge is 2.24. The molecule has 1 fully saturated rings. The monoisotopic (exact) mass is 269 g/mol. The van der Waals surface area contributed by atoms with Gasteiger partial charge in [0.2, 0.25) is 0 Å². The van der Waals surface area contributed by atoms with Crippen molar-refractivity contribution in [3.63, 3.8) is 0 Å². The molecule has 0 amide bonds. The Morgan fingerprint density at radius 1 is 1.00 bits per heavy atom. The van der Waals surface area contributed by atoms with Crippen molar-refractivity contribution in [3.05, 3.63) is 28.8 Å². The Kier molecular flexibility index (Phi) is 3.75. The van der Waals surface area contributed by atoms with Crippen molar-refractivity contribution in [1.82, 2.24) is 5.06 Å². The van der Waals surface area contributed by atoms with Crippen LogP contribution in [0, 0.1) is 20.8 Å². The maximum absolute atomic E-state index is 12.2. The van der Waals surface area contributed by atoms with Crippen LogP contribution in [0.25, 0.3) is 0 Å². The summed E-state index contributed by atoms with van der Waals surface area (Å²) in [6, 6.07) is 3.58. The summed E-state index contributed by atoms with van der Waals surface area (Å²) in [5.41, 5.74) is 2.79. The summed E-state index contributed by atoms with van der Waals surface area (Å²) in [4.78, 5) is 0.275. The van der Waals surface area contributed by atoms with Crippen LogP contribution in [0.2, 0.25) is 0 Å². The van der Waals surface area contributed by atoms with E-state index in [4.69, 9.17) is 4.28 Å². The van der Waals surface area contributed by atoms with Crippen LogP contribution in [0.4, 0.5) is 0 Å². The van der Waals surface area contributed by atoms with E-state index in [1.54, 1.807) is 13.0 Å². The lowest BCUT2D eigenvalue weighted by atomic mass is 10.1. The Morgan fingerprint density at radius 3 is 2.17 bits per heavy atom. The van der Waals surface area contributed by atoms with Gasteiger partial charge in [-0.05, 0) is 56.4 Å². The summed E-state index contributed by atoms with van der Waals surface area (Å²) < 4.78 is 29.6. The van der Waals surface area contributed by atoms with Gasteiger partial charge in [0.25, 0.3) is 0 Å². The minimum absolute atomic E-state index is 0.275. The number of hydrogen-bond donors (Lipinski definition) is 0. The number of nitrogens with zero attached hydrogens (tertiary/aromatic N) is 1. The first-order valence-corrected chi connectivity index (χ1v) is 7.58. The van der Waals surface area contributed by atoms with Crippen molar-refractivity contribution < 1.29 is 12.7 Å². The predicted octanol–water partition coefficient (Wildman–Crippen LogP) is 2.33. The van der Waals surface area contributed by atoms with Crippen molar-refractivity contribution in [2.75, 3.05) is 13.1 Å². The third kappa shape index (κ3) is 2.74. The Bertz CT molecular complexity index is 546. The fourth-order valence-electron chi connectivity index (χ4n) is 2.14. The molecule has 1 aliphatic rings. The Morgan fingerprint density at radius 2 is 1.56 bits per heavy atom. The van der Waals surface area contributed by atoms with Crippen LogP contribution >= 0.6 is 0 Å². The fraction of sp³-hybridized carbons (Fsp3) is 0.538. The highest BCUT2D eigenvalue weighted by Crippen LogP contribution is 2.23. The van der Waals surface area contributed by atoms with Crippen molar-refractivity contribution in [1.29, 1.82) is 0 Å². The summed E-state index contributed by atoms with van der Waals surface area (Å²) in [5.74, 6) is 0. The molecule has 1 saturated heterocycles. The van der Waals surface area contributed by atoms with E-state index < -0.39 is 10.1 Å². The smallest absolute Gasteiger partial charge is 0.192 e. The predicted molar refractivity (Wildman–Crippen MR) is 69.7 cm³/mol. The molecule has 1 aliphatic heterocycles. The maximum Gasteiger partial charge on any atom is 0.313 e. The Balaban J connectivity index is 2.31. The average Bonchev–Trinajstić information content (AvgIpc) is 2.75. The first-order chi connectivity index (χ1) is 8.40. The minimum Gasteiger partial charge on any atom is -0.192 e. The van der Waals surface area contributed by atoms with Crippen LogP contribution in [-0.4, -0.2) is 26.6 Å². The molecule has 0 N–H and O–H groups in total. The number of hydroxylamine groups is 2. The van der Waals surface area contributed by atoms with Crippen LogP contribution in [0.15, 0.2) is 17.0 Å². The average molecular weight is 269 g/mol. The molecule has 1 heterocycles. The fourth-order valence-corrected chi connectivity index (χ4v) is 3.43. The molecule has 0 unspecified atom stereocenters. The standard InChI is InChI=1S/C13H19NO3S/c1-10-8-12(3)13(9-11(10)2)18(15,16)17-14-6-4-5-7-14/h8-9H,4-7H2,1-3H3. The van der Waals surface area contributed by atoms with E-state index in [9.17, 15) is 8.42 Å². The number of hydrogen-bond acceptors (Lipinski definition) is 4. The van der Waals surface area contributed by atoms with Crippen LogP contribution in [-0.2, 0) is 14.4 Å². The van der Waals surface area contributed by atoms with E-state index in [0.29, 0.717) is 13.1 Å². The Labute approximate surface area is 109 Å². The van der Waals surface area contributed by atoms with E-state index >= 15 is 0 Å². The highest BCUT2D eigenvalue weighted by atomic mass is 32.2. The van der Waals surface area contributed by atoms with E-state index in [0.717, 1.165) is 29.5 Å². The van der Waals surface area contributed by atoms with Gasteiger partial charge in [0.15, 0.2) is 0 Å². The molecule has 18 heavy (non-hydrogen) atoms. The quantitative estimate of drug-likeness (QED) is 0.845. The van der Waals surface area contributed by atoms with Gasteiger partial charge in [-0.1, -0.05) is 6.07 Å². The van der Waals surface area contributed by atoms with Crippen molar-refractivity contribution in [3.8, 4) is 0 Å². The van der Waals surface area contributed by atoms with Gasteiger partial charge in [-0.3, -0.25) is 0 Å². The normalized spacial score (nSPS) is 17.3. The number of rotatable bonds is 3.